The molecular formula is C12H12N2O6S3. The predicted octanol–water partition coefficient (Wildman–Crippen LogP) is 0.974. The number of carbonyl (C=O) groups is 1. The summed E-state index contributed by atoms with van der Waals surface area (Å²) >= 11 is 0.960. The van der Waals surface area contributed by atoms with E-state index in [1.807, 2.05) is 0 Å². The fraction of sp³-hybridized carbons (Fsp3) is 0.167. The van der Waals surface area contributed by atoms with Gasteiger partial charge in [-0.15, -0.1) is 11.3 Å². The lowest BCUT2D eigenvalue weighted by Gasteiger charge is -2.06. The van der Waals surface area contributed by atoms with Crippen LogP contribution >= 0.6 is 11.3 Å². The Labute approximate surface area is 136 Å². The van der Waals surface area contributed by atoms with Crippen molar-refractivity contribution in [1.29, 1.82) is 0 Å². The van der Waals surface area contributed by atoms with Crippen molar-refractivity contribution in [2.45, 2.75) is 16.2 Å². The lowest BCUT2D eigenvalue weighted by molar-refractivity contribution is -0.136. The zero-order valence-corrected chi connectivity index (χ0v) is 14.2. The number of carboxylic acid groups (broad SMARTS) is 1. The van der Waals surface area contributed by atoms with E-state index >= 15 is 0 Å². The molecule has 23 heavy (non-hydrogen) atoms. The molecule has 2 aromatic rings. The molecule has 0 saturated heterocycles. The molecule has 1 aromatic carbocycles. The van der Waals surface area contributed by atoms with E-state index in [0.717, 1.165) is 17.6 Å². The number of nitrogens with zero attached hydrogens (tertiary/aromatic N) is 1. The van der Waals surface area contributed by atoms with Crippen LogP contribution < -0.4 is 4.72 Å². The van der Waals surface area contributed by atoms with Crippen LogP contribution in [-0.4, -0.2) is 39.2 Å². The van der Waals surface area contributed by atoms with Gasteiger partial charge >= 0.3 is 5.97 Å². The summed E-state index contributed by atoms with van der Waals surface area (Å²) in [6.45, 7) is 0. The third kappa shape index (κ3) is 4.50. The van der Waals surface area contributed by atoms with E-state index in [1.165, 1.54) is 29.6 Å². The third-order valence-corrected chi connectivity index (χ3v) is 6.09. The summed E-state index contributed by atoms with van der Waals surface area (Å²) in [5.74, 6) is -1.07. The Bertz CT molecular complexity index is 929. The first-order chi connectivity index (χ1) is 10.6. The summed E-state index contributed by atoms with van der Waals surface area (Å²) in [6, 6.07) is 4.73. The Morgan fingerprint density at radius 2 is 1.74 bits per heavy atom. The normalized spacial score (nSPS) is 12.0. The summed E-state index contributed by atoms with van der Waals surface area (Å²) in [5.41, 5.74) is 0.243. The second kappa shape index (κ2) is 6.26. The van der Waals surface area contributed by atoms with Crippen LogP contribution in [0.25, 0.3) is 0 Å². The van der Waals surface area contributed by atoms with Crippen LogP contribution in [0.4, 0.5) is 5.13 Å². The number of rotatable bonds is 6. The minimum atomic E-state index is -3.94. The highest BCUT2D eigenvalue weighted by Gasteiger charge is 2.18. The first-order valence-electron chi connectivity index (χ1n) is 6.07. The standard InChI is InChI=1S/C12H12N2O6S3/c1-22(17,18)9-2-4-10(5-3-9)23(19,20)14-12-13-8(7-21-12)6-11(15)16/h2-5,7H,6H2,1H3,(H,13,14)(H,15,16). The van der Waals surface area contributed by atoms with E-state index in [9.17, 15) is 21.6 Å². The minimum Gasteiger partial charge on any atom is -0.481 e. The van der Waals surface area contributed by atoms with Gasteiger partial charge in [-0.2, -0.15) is 0 Å². The number of sulfonamides is 1. The van der Waals surface area contributed by atoms with E-state index in [1.54, 1.807) is 0 Å². The number of carboxylic acids is 1. The first-order valence-corrected chi connectivity index (χ1v) is 10.3. The number of sulfone groups is 1. The lowest BCUT2D eigenvalue weighted by Crippen LogP contribution is -2.13. The van der Waals surface area contributed by atoms with Gasteiger partial charge in [0.05, 0.1) is 21.9 Å². The molecule has 1 heterocycles. The molecule has 0 aliphatic carbocycles. The van der Waals surface area contributed by atoms with E-state index in [4.69, 9.17) is 5.11 Å². The largest absolute Gasteiger partial charge is 0.481 e. The number of benzene rings is 1. The van der Waals surface area contributed by atoms with E-state index in [0.29, 0.717) is 0 Å². The van der Waals surface area contributed by atoms with E-state index in [2.05, 4.69) is 9.71 Å². The summed E-state index contributed by atoms with van der Waals surface area (Å²) < 4.78 is 49.3. The molecule has 1 aromatic heterocycles. The maximum Gasteiger partial charge on any atom is 0.309 e. The molecule has 0 amide bonds. The van der Waals surface area contributed by atoms with Crippen molar-refractivity contribution in [3.05, 3.63) is 35.3 Å². The predicted molar refractivity (Wildman–Crippen MR) is 83.8 cm³/mol. The number of nitrogens with one attached hydrogen (secondary N) is 1. The zero-order chi connectivity index (χ0) is 17.3. The Hall–Kier alpha value is -1.98. The fourth-order valence-corrected chi connectivity index (χ4v) is 4.22. The molecule has 0 atom stereocenters. The highest BCUT2D eigenvalue weighted by molar-refractivity contribution is 7.93. The van der Waals surface area contributed by atoms with Crippen molar-refractivity contribution >= 4 is 42.3 Å². The highest BCUT2D eigenvalue weighted by Crippen LogP contribution is 2.21. The van der Waals surface area contributed by atoms with Crippen LogP contribution in [0.2, 0.25) is 0 Å². The number of hydrogen-bond donors (Lipinski definition) is 2. The SMILES string of the molecule is CS(=O)(=O)c1ccc(S(=O)(=O)Nc2nc(CC(=O)O)cs2)cc1. The molecule has 2 N–H and O–H groups in total. The molecule has 124 valence electrons. The van der Waals surface area contributed by atoms with E-state index in [-0.39, 0.29) is 27.0 Å². The van der Waals surface area contributed by atoms with Gasteiger partial charge in [-0.3, -0.25) is 9.52 Å². The van der Waals surface area contributed by atoms with Gasteiger partial charge in [0.2, 0.25) is 0 Å². The van der Waals surface area contributed by atoms with Gasteiger partial charge in [0.25, 0.3) is 10.0 Å². The molecule has 0 spiro atoms. The minimum absolute atomic E-state index is 0.00874. The van der Waals surface area contributed by atoms with Crippen LogP contribution in [0.5, 0.6) is 0 Å². The highest BCUT2D eigenvalue weighted by atomic mass is 32.2. The van der Waals surface area contributed by atoms with Gasteiger partial charge in [0.15, 0.2) is 15.0 Å². The molecular weight excluding hydrogens is 364 g/mol. The fourth-order valence-electron chi connectivity index (χ4n) is 1.63. The quantitative estimate of drug-likeness (QED) is 0.768. The zero-order valence-electron chi connectivity index (χ0n) is 11.8. The smallest absolute Gasteiger partial charge is 0.309 e. The van der Waals surface area contributed by atoms with Gasteiger partial charge in [-0.25, -0.2) is 21.8 Å². The van der Waals surface area contributed by atoms with Crippen molar-refractivity contribution < 1.29 is 26.7 Å². The van der Waals surface area contributed by atoms with Crippen molar-refractivity contribution in [2.24, 2.45) is 0 Å². The van der Waals surface area contributed by atoms with Gasteiger partial charge in [-0.05, 0) is 24.3 Å². The van der Waals surface area contributed by atoms with Crippen LogP contribution in [-0.2, 0) is 31.1 Å². The molecule has 2 rings (SSSR count). The number of aromatic nitrogens is 1. The van der Waals surface area contributed by atoms with Gasteiger partial charge in [-0.1, -0.05) is 0 Å². The van der Waals surface area contributed by atoms with Crippen LogP contribution in [0.3, 0.4) is 0 Å². The molecule has 0 aliphatic rings. The Morgan fingerprint density at radius 3 is 2.26 bits per heavy atom. The van der Waals surface area contributed by atoms with Crippen LogP contribution in [0.15, 0.2) is 39.4 Å². The molecule has 0 aliphatic heterocycles. The average molecular weight is 376 g/mol. The van der Waals surface area contributed by atoms with Crippen molar-refractivity contribution in [3.8, 4) is 0 Å². The molecule has 0 unspecified atom stereocenters. The third-order valence-electron chi connectivity index (χ3n) is 2.67. The molecule has 0 radical (unpaired) electrons. The molecule has 8 nitrogen and oxygen atoms in total. The van der Waals surface area contributed by atoms with E-state index < -0.39 is 25.8 Å². The van der Waals surface area contributed by atoms with Gasteiger partial charge in [0, 0.05) is 11.6 Å². The molecule has 0 bridgehead atoms. The van der Waals surface area contributed by atoms with Crippen LogP contribution in [0, 0.1) is 0 Å². The number of aliphatic carboxylic acids is 1. The Morgan fingerprint density at radius 1 is 1.17 bits per heavy atom. The Kier molecular flexibility index (Phi) is 4.73. The monoisotopic (exact) mass is 376 g/mol. The van der Waals surface area contributed by atoms with Crippen molar-refractivity contribution in [3.63, 3.8) is 0 Å². The number of anilines is 1. The molecule has 0 fully saturated rings. The molecule has 11 heteroatoms. The van der Waals surface area contributed by atoms with Crippen molar-refractivity contribution in [1.82, 2.24) is 4.98 Å². The number of hydrogen-bond acceptors (Lipinski definition) is 7. The summed E-state index contributed by atoms with van der Waals surface area (Å²) in [6.07, 6.45) is 0.718. The summed E-state index contributed by atoms with van der Waals surface area (Å²) in [7, 11) is -7.35. The summed E-state index contributed by atoms with van der Waals surface area (Å²) in [5, 5.41) is 10.1. The topological polar surface area (TPSA) is 130 Å². The number of thiazole rings is 1. The lowest BCUT2D eigenvalue weighted by atomic mass is 10.3. The maximum absolute atomic E-state index is 12.2. The molecule has 0 saturated carbocycles. The average Bonchev–Trinajstić information content (AvgIpc) is 2.83. The van der Waals surface area contributed by atoms with Gasteiger partial charge < -0.3 is 5.11 Å². The second-order valence-electron chi connectivity index (χ2n) is 4.56. The van der Waals surface area contributed by atoms with Crippen molar-refractivity contribution in [2.75, 3.05) is 11.0 Å². The maximum atomic E-state index is 12.2. The first kappa shape index (κ1) is 17.4. The van der Waals surface area contributed by atoms with Crippen LogP contribution in [0.1, 0.15) is 5.69 Å². The summed E-state index contributed by atoms with van der Waals surface area (Å²) in [4.78, 5) is 14.3. The Balaban J connectivity index is 2.22. The second-order valence-corrected chi connectivity index (χ2v) is 9.12. The van der Waals surface area contributed by atoms with Gasteiger partial charge in [0.1, 0.15) is 0 Å².